The summed E-state index contributed by atoms with van der Waals surface area (Å²) in [6.45, 7) is 0. The van der Waals surface area contributed by atoms with Crippen molar-refractivity contribution in [1.29, 1.82) is 0 Å². The Morgan fingerprint density at radius 1 is 0.913 bits per heavy atom. The monoisotopic (exact) mass is 310 g/mol. The Morgan fingerprint density at radius 2 is 1.65 bits per heavy atom. The summed E-state index contributed by atoms with van der Waals surface area (Å²) in [5, 5.41) is 2.59. The van der Waals surface area contributed by atoms with Crippen LogP contribution in [0.4, 0.5) is 14.5 Å². The van der Waals surface area contributed by atoms with Gasteiger partial charge < -0.3 is 5.32 Å². The fourth-order valence-electron chi connectivity index (χ4n) is 2.12. The summed E-state index contributed by atoms with van der Waals surface area (Å²) in [5.74, 6) is -1.17. The molecule has 1 N–H and O–H groups in total. The molecule has 3 aromatic rings. The highest BCUT2D eigenvalue weighted by molar-refractivity contribution is 6.04. The third-order valence-electron chi connectivity index (χ3n) is 3.23. The number of amides is 1. The van der Waals surface area contributed by atoms with Crippen molar-refractivity contribution in [3.8, 4) is 11.3 Å². The van der Waals surface area contributed by atoms with Crippen LogP contribution in [0.3, 0.4) is 0 Å². The van der Waals surface area contributed by atoms with Crippen molar-refractivity contribution in [2.24, 2.45) is 0 Å². The molecule has 0 aliphatic rings. The van der Waals surface area contributed by atoms with Crippen molar-refractivity contribution >= 4 is 11.6 Å². The van der Waals surface area contributed by atoms with Gasteiger partial charge in [-0.05, 0) is 42.5 Å². The van der Waals surface area contributed by atoms with Crippen LogP contribution < -0.4 is 5.32 Å². The quantitative estimate of drug-likeness (QED) is 0.784. The van der Waals surface area contributed by atoms with E-state index >= 15 is 0 Å². The van der Waals surface area contributed by atoms with Gasteiger partial charge in [0.05, 0.1) is 11.3 Å². The fourth-order valence-corrected chi connectivity index (χ4v) is 2.12. The number of carbonyl (C=O) groups is 1. The molecule has 0 radical (unpaired) electrons. The summed E-state index contributed by atoms with van der Waals surface area (Å²) in [5.41, 5.74) is 1.88. The highest BCUT2D eigenvalue weighted by atomic mass is 19.1. The van der Waals surface area contributed by atoms with Gasteiger partial charge in [0.1, 0.15) is 11.6 Å². The van der Waals surface area contributed by atoms with E-state index in [9.17, 15) is 13.6 Å². The SMILES string of the molecule is O=C(Nc1cccc(F)c1)c1ccc(-c2cccc(F)c2)nc1. The molecule has 0 fully saturated rings. The summed E-state index contributed by atoms with van der Waals surface area (Å²) in [6.07, 6.45) is 1.40. The van der Waals surface area contributed by atoms with Gasteiger partial charge in [-0.2, -0.15) is 0 Å². The van der Waals surface area contributed by atoms with Crippen molar-refractivity contribution in [3.05, 3.63) is 84.1 Å². The van der Waals surface area contributed by atoms with Gasteiger partial charge in [0.2, 0.25) is 0 Å². The minimum absolute atomic E-state index is 0.328. The van der Waals surface area contributed by atoms with E-state index in [1.54, 1.807) is 30.3 Å². The van der Waals surface area contributed by atoms with E-state index in [1.165, 1.54) is 36.5 Å². The van der Waals surface area contributed by atoms with Crippen LogP contribution in [0.15, 0.2) is 66.9 Å². The molecule has 3 nitrogen and oxygen atoms in total. The average Bonchev–Trinajstić information content (AvgIpc) is 2.55. The zero-order valence-corrected chi connectivity index (χ0v) is 12.0. The summed E-state index contributed by atoms with van der Waals surface area (Å²) >= 11 is 0. The van der Waals surface area contributed by atoms with Crippen molar-refractivity contribution in [1.82, 2.24) is 4.98 Å². The van der Waals surface area contributed by atoms with Gasteiger partial charge >= 0.3 is 0 Å². The maximum Gasteiger partial charge on any atom is 0.257 e. The molecular weight excluding hydrogens is 298 g/mol. The first-order valence-corrected chi connectivity index (χ1v) is 6.91. The second-order valence-corrected chi connectivity index (χ2v) is 4.91. The maximum absolute atomic E-state index is 13.2. The zero-order chi connectivity index (χ0) is 16.2. The van der Waals surface area contributed by atoms with Crippen molar-refractivity contribution in [3.63, 3.8) is 0 Å². The highest BCUT2D eigenvalue weighted by Gasteiger charge is 2.08. The molecule has 1 aromatic heterocycles. The summed E-state index contributed by atoms with van der Waals surface area (Å²) < 4.78 is 26.3. The highest BCUT2D eigenvalue weighted by Crippen LogP contribution is 2.18. The van der Waals surface area contributed by atoms with E-state index in [2.05, 4.69) is 10.3 Å². The molecule has 0 atom stereocenters. The molecule has 2 aromatic carbocycles. The number of halogens is 2. The summed E-state index contributed by atoms with van der Waals surface area (Å²) in [7, 11) is 0. The van der Waals surface area contributed by atoms with Crippen LogP contribution in [-0.2, 0) is 0 Å². The molecule has 23 heavy (non-hydrogen) atoms. The van der Waals surface area contributed by atoms with Gasteiger partial charge in [-0.3, -0.25) is 9.78 Å². The molecule has 0 spiro atoms. The molecule has 1 heterocycles. The lowest BCUT2D eigenvalue weighted by molar-refractivity contribution is 0.102. The van der Waals surface area contributed by atoms with Crippen molar-refractivity contribution < 1.29 is 13.6 Å². The van der Waals surface area contributed by atoms with Crippen LogP contribution in [0, 0.1) is 11.6 Å². The molecular formula is C18H12F2N2O. The van der Waals surface area contributed by atoms with Gasteiger partial charge in [0.15, 0.2) is 0 Å². The van der Waals surface area contributed by atoms with Crippen LogP contribution in [0.5, 0.6) is 0 Å². The summed E-state index contributed by atoms with van der Waals surface area (Å²) in [4.78, 5) is 16.3. The maximum atomic E-state index is 13.2. The Labute approximate surface area is 131 Å². The van der Waals surface area contributed by atoms with E-state index < -0.39 is 11.7 Å². The number of hydrogen-bond acceptors (Lipinski definition) is 2. The number of anilines is 1. The number of benzene rings is 2. The van der Waals surface area contributed by atoms with Crippen LogP contribution in [0.25, 0.3) is 11.3 Å². The number of rotatable bonds is 3. The molecule has 0 bridgehead atoms. The van der Waals surface area contributed by atoms with Gasteiger partial charge in [0.25, 0.3) is 5.91 Å². The minimum Gasteiger partial charge on any atom is -0.322 e. The number of hydrogen-bond donors (Lipinski definition) is 1. The third-order valence-corrected chi connectivity index (χ3v) is 3.23. The Morgan fingerprint density at radius 3 is 2.30 bits per heavy atom. The van der Waals surface area contributed by atoms with Crippen LogP contribution >= 0.6 is 0 Å². The van der Waals surface area contributed by atoms with E-state index in [-0.39, 0.29) is 5.82 Å². The lowest BCUT2D eigenvalue weighted by atomic mass is 10.1. The first kappa shape index (κ1) is 14.8. The molecule has 3 rings (SSSR count). The second-order valence-electron chi connectivity index (χ2n) is 4.91. The fraction of sp³-hybridized carbons (Fsp3) is 0. The Hall–Kier alpha value is -3.08. The smallest absolute Gasteiger partial charge is 0.257 e. The van der Waals surface area contributed by atoms with Gasteiger partial charge in [-0.15, -0.1) is 0 Å². The van der Waals surface area contributed by atoms with E-state index in [4.69, 9.17) is 0 Å². The lowest BCUT2D eigenvalue weighted by Crippen LogP contribution is -2.12. The molecule has 0 saturated carbocycles. The van der Waals surface area contributed by atoms with E-state index in [1.807, 2.05) is 0 Å². The molecule has 114 valence electrons. The van der Waals surface area contributed by atoms with Crippen LogP contribution in [-0.4, -0.2) is 10.9 Å². The van der Waals surface area contributed by atoms with Crippen molar-refractivity contribution in [2.75, 3.05) is 5.32 Å². The molecule has 5 heteroatoms. The van der Waals surface area contributed by atoms with Crippen LogP contribution in [0.1, 0.15) is 10.4 Å². The standard InChI is InChI=1S/C18H12F2N2O/c19-14-4-1-3-12(9-14)17-8-7-13(11-21-17)18(23)22-16-6-2-5-15(20)10-16/h1-11H,(H,22,23). The molecule has 0 unspecified atom stereocenters. The number of nitrogens with zero attached hydrogens (tertiary/aromatic N) is 1. The lowest BCUT2D eigenvalue weighted by Gasteiger charge is -2.06. The average molecular weight is 310 g/mol. The van der Waals surface area contributed by atoms with Gasteiger partial charge in [0, 0.05) is 17.4 Å². The Kier molecular flexibility index (Phi) is 4.10. The third kappa shape index (κ3) is 3.58. The molecule has 0 aliphatic heterocycles. The first-order valence-electron chi connectivity index (χ1n) is 6.91. The number of aromatic nitrogens is 1. The molecule has 1 amide bonds. The number of carbonyl (C=O) groups excluding carboxylic acids is 1. The number of pyridine rings is 1. The normalized spacial score (nSPS) is 10.3. The largest absolute Gasteiger partial charge is 0.322 e. The predicted octanol–water partition coefficient (Wildman–Crippen LogP) is 4.28. The minimum atomic E-state index is -0.428. The first-order chi connectivity index (χ1) is 11.1. The van der Waals surface area contributed by atoms with Gasteiger partial charge in [-0.25, -0.2) is 8.78 Å². The Bertz CT molecular complexity index is 848. The second kappa shape index (κ2) is 6.36. The predicted molar refractivity (Wildman–Crippen MR) is 84.0 cm³/mol. The topological polar surface area (TPSA) is 42.0 Å². The Balaban J connectivity index is 1.78. The van der Waals surface area contributed by atoms with E-state index in [0.29, 0.717) is 22.5 Å². The van der Waals surface area contributed by atoms with Gasteiger partial charge in [-0.1, -0.05) is 18.2 Å². The number of nitrogens with one attached hydrogen (secondary N) is 1. The zero-order valence-electron chi connectivity index (χ0n) is 12.0. The molecule has 0 saturated heterocycles. The van der Waals surface area contributed by atoms with Crippen LogP contribution in [0.2, 0.25) is 0 Å². The van der Waals surface area contributed by atoms with E-state index in [0.717, 1.165) is 0 Å². The summed E-state index contributed by atoms with van der Waals surface area (Å²) in [6, 6.07) is 14.9. The van der Waals surface area contributed by atoms with Crippen molar-refractivity contribution in [2.45, 2.75) is 0 Å². The molecule has 0 aliphatic carbocycles.